The van der Waals surface area contributed by atoms with Crippen molar-refractivity contribution in [1.82, 2.24) is 4.57 Å². The standard InChI is InChI=1S/C61H42N2/c1-5-17-43(18-6-1)44-29-34-50(35-30-44)62(49-23-11-4-12-24-49)51-36-31-45(32-37-51)46-33-40-60-56(41-46)54-26-14-16-28-59(54)63(60)52-38-39-58-55(42-52)53-25-13-15-27-57(53)61(58,47-19-7-2-8-20-47)48-21-9-3-10-22-48/h1-42H. The summed E-state index contributed by atoms with van der Waals surface area (Å²) in [4.78, 5) is 2.33. The molecule has 2 heteroatoms. The van der Waals surface area contributed by atoms with Gasteiger partial charge in [0.15, 0.2) is 0 Å². The van der Waals surface area contributed by atoms with Gasteiger partial charge in [0, 0.05) is 33.5 Å². The lowest BCUT2D eigenvalue weighted by molar-refractivity contribution is 0.768. The Kier molecular flexibility index (Phi) is 8.76. The fourth-order valence-electron chi connectivity index (χ4n) is 10.3. The number of nitrogens with zero attached hydrogens (tertiary/aromatic N) is 2. The summed E-state index contributed by atoms with van der Waals surface area (Å²) in [5.74, 6) is 0. The van der Waals surface area contributed by atoms with Gasteiger partial charge in [-0.1, -0.05) is 188 Å². The Morgan fingerprint density at radius 2 is 0.778 bits per heavy atom. The van der Waals surface area contributed by atoms with Crippen LogP contribution in [0.15, 0.2) is 255 Å². The van der Waals surface area contributed by atoms with Gasteiger partial charge in [0.1, 0.15) is 0 Å². The molecule has 0 unspecified atom stereocenters. The van der Waals surface area contributed by atoms with Crippen molar-refractivity contribution in [3.05, 3.63) is 277 Å². The van der Waals surface area contributed by atoms with E-state index in [1.165, 1.54) is 77.4 Å². The molecule has 63 heavy (non-hydrogen) atoms. The van der Waals surface area contributed by atoms with Gasteiger partial charge >= 0.3 is 0 Å². The molecule has 0 bridgehead atoms. The smallest absolute Gasteiger partial charge is 0.0713 e. The van der Waals surface area contributed by atoms with Crippen LogP contribution in [-0.4, -0.2) is 4.57 Å². The monoisotopic (exact) mass is 802 g/mol. The van der Waals surface area contributed by atoms with E-state index in [-0.39, 0.29) is 0 Å². The maximum Gasteiger partial charge on any atom is 0.0713 e. The van der Waals surface area contributed by atoms with Gasteiger partial charge in [-0.15, -0.1) is 0 Å². The van der Waals surface area contributed by atoms with Crippen molar-refractivity contribution in [3.8, 4) is 39.1 Å². The van der Waals surface area contributed by atoms with E-state index in [4.69, 9.17) is 0 Å². The topological polar surface area (TPSA) is 8.17 Å². The molecule has 0 radical (unpaired) electrons. The van der Waals surface area contributed by atoms with Crippen LogP contribution in [0.3, 0.4) is 0 Å². The average molecular weight is 803 g/mol. The molecule has 10 aromatic carbocycles. The normalized spacial score (nSPS) is 12.6. The van der Waals surface area contributed by atoms with Crippen molar-refractivity contribution in [3.63, 3.8) is 0 Å². The molecule has 11 aromatic rings. The zero-order chi connectivity index (χ0) is 41.7. The first-order valence-corrected chi connectivity index (χ1v) is 21.8. The van der Waals surface area contributed by atoms with Crippen molar-refractivity contribution < 1.29 is 0 Å². The molecule has 0 atom stereocenters. The molecule has 0 saturated carbocycles. The molecule has 0 amide bonds. The first-order valence-electron chi connectivity index (χ1n) is 21.8. The summed E-state index contributed by atoms with van der Waals surface area (Å²) in [6, 6.07) is 93.0. The highest BCUT2D eigenvalue weighted by atomic mass is 15.1. The highest BCUT2D eigenvalue weighted by Gasteiger charge is 2.46. The van der Waals surface area contributed by atoms with Gasteiger partial charge in [-0.2, -0.15) is 0 Å². The van der Waals surface area contributed by atoms with Gasteiger partial charge in [0.25, 0.3) is 0 Å². The van der Waals surface area contributed by atoms with Crippen LogP contribution in [0.5, 0.6) is 0 Å². The summed E-state index contributed by atoms with van der Waals surface area (Å²) < 4.78 is 2.45. The molecular formula is C61H42N2. The van der Waals surface area contributed by atoms with Crippen LogP contribution in [0, 0.1) is 0 Å². The summed E-state index contributed by atoms with van der Waals surface area (Å²) in [7, 11) is 0. The minimum absolute atomic E-state index is 0.427. The molecule has 0 N–H and O–H groups in total. The van der Waals surface area contributed by atoms with E-state index >= 15 is 0 Å². The van der Waals surface area contributed by atoms with Gasteiger partial charge in [-0.3, -0.25) is 0 Å². The Hall–Kier alpha value is -8.20. The van der Waals surface area contributed by atoms with Crippen molar-refractivity contribution >= 4 is 38.9 Å². The third kappa shape index (κ3) is 5.95. The van der Waals surface area contributed by atoms with Gasteiger partial charge in [0.2, 0.25) is 0 Å². The molecule has 12 rings (SSSR count). The van der Waals surface area contributed by atoms with Gasteiger partial charge in [-0.25, -0.2) is 0 Å². The Balaban J connectivity index is 0.947. The van der Waals surface area contributed by atoms with E-state index in [0.29, 0.717) is 0 Å². The first-order chi connectivity index (χ1) is 31.3. The van der Waals surface area contributed by atoms with Crippen molar-refractivity contribution in [2.24, 2.45) is 0 Å². The lowest BCUT2D eigenvalue weighted by Gasteiger charge is -2.33. The van der Waals surface area contributed by atoms with E-state index in [1.54, 1.807) is 0 Å². The number of hydrogen-bond acceptors (Lipinski definition) is 1. The Morgan fingerprint density at radius 3 is 1.44 bits per heavy atom. The fourth-order valence-corrected chi connectivity index (χ4v) is 10.3. The summed E-state index contributed by atoms with van der Waals surface area (Å²) >= 11 is 0. The highest BCUT2D eigenvalue weighted by molar-refractivity contribution is 6.10. The number of anilines is 3. The van der Waals surface area contributed by atoms with Crippen molar-refractivity contribution in [1.29, 1.82) is 0 Å². The number of para-hydroxylation sites is 2. The second kappa shape index (κ2) is 15.1. The predicted octanol–water partition coefficient (Wildman–Crippen LogP) is 16.0. The number of fused-ring (bicyclic) bond motifs is 6. The Morgan fingerprint density at radius 1 is 0.302 bits per heavy atom. The molecule has 0 aliphatic heterocycles. The van der Waals surface area contributed by atoms with E-state index in [1.807, 2.05) is 0 Å². The number of aromatic nitrogens is 1. The van der Waals surface area contributed by atoms with Crippen LogP contribution in [0.4, 0.5) is 17.1 Å². The molecular weight excluding hydrogens is 761 g/mol. The number of benzene rings is 10. The quantitative estimate of drug-likeness (QED) is 0.149. The molecule has 0 saturated heterocycles. The van der Waals surface area contributed by atoms with Crippen LogP contribution in [-0.2, 0) is 5.41 Å². The Labute approximate surface area is 368 Å². The number of hydrogen-bond donors (Lipinski definition) is 0. The van der Waals surface area contributed by atoms with E-state index in [9.17, 15) is 0 Å². The minimum atomic E-state index is -0.427. The number of rotatable bonds is 8. The van der Waals surface area contributed by atoms with Crippen molar-refractivity contribution in [2.45, 2.75) is 5.41 Å². The van der Waals surface area contributed by atoms with Crippen LogP contribution < -0.4 is 4.90 Å². The maximum atomic E-state index is 2.45. The molecule has 1 aliphatic carbocycles. The third-order valence-corrected chi connectivity index (χ3v) is 13.1. The van der Waals surface area contributed by atoms with Gasteiger partial charge in [0.05, 0.1) is 16.4 Å². The summed E-state index contributed by atoms with van der Waals surface area (Å²) in [6.07, 6.45) is 0. The zero-order valence-corrected chi connectivity index (χ0v) is 34.6. The lowest BCUT2D eigenvalue weighted by atomic mass is 9.68. The van der Waals surface area contributed by atoms with E-state index in [2.05, 4.69) is 264 Å². The molecule has 0 fully saturated rings. The molecule has 0 spiro atoms. The van der Waals surface area contributed by atoms with E-state index in [0.717, 1.165) is 22.7 Å². The maximum absolute atomic E-state index is 2.45. The van der Waals surface area contributed by atoms with Gasteiger partial charge < -0.3 is 9.47 Å². The SMILES string of the molecule is c1ccc(-c2ccc(N(c3ccccc3)c3ccc(-c4ccc5c(c4)c4ccccc4n5-c4ccc5c(c4)-c4ccccc4C5(c4ccccc4)c4ccccc4)cc3)cc2)cc1. The van der Waals surface area contributed by atoms with Gasteiger partial charge in [-0.05, 0) is 122 Å². The molecule has 2 nitrogen and oxygen atoms in total. The zero-order valence-electron chi connectivity index (χ0n) is 34.6. The van der Waals surface area contributed by atoms with Crippen molar-refractivity contribution in [2.75, 3.05) is 4.90 Å². The second-order valence-corrected chi connectivity index (χ2v) is 16.5. The summed E-state index contributed by atoms with van der Waals surface area (Å²) in [5, 5.41) is 2.48. The minimum Gasteiger partial charge on any atom is -0.311 e. The lowest BCUT2D eigenvalue weighted by Crippen LogP contribution is -2.28. The largest absolute Gasteiger partial charge is 0.311 e. The van der Waals surface area contributed by atoms with E-state index < -0.39 is 5.41 Å². The second-order valence-electron chi connectivity index (χ2n) is 16.5. The third-order valence-electron chi connectivity index (χ3n) is 13.1. The summed E-state index contributed by atoms with van der Waals surface area (Å²) in [6.45, 7) is 0. The van der Waals surface area contributed by atoms with Crippen LogP contribution >= 0.6 is 0 Å². The van der Waals surface area contributed by atoms with Crippen LogP contribution in [0.2, 0.25) is 0 Å². The average Bonchev–Trinajstić information content (AvgIpc) is 3.86. The summed E-state index contributed by atoms with van der Waals surface area (Å²) in [5.41, 5.74) is 19.0. The molecule has 1 heterocycles. The van der Waals surface area contributed by atoms with Crippen LogP contribution in [0.25, 0.3) is 60.9 Å². The Bertz CT molecular complexity index is 3370. The predicted molar refractivity (Wildman–Crippen MR) is 264 cm³/mol. The molecule has 1 aromatic heterocycles. The van der Waals surface area contributed by atoms with Crippen LogP contribution in [0.1, 0.15) is 22.3 Å². The fraction of sp³-hybridized carbons (Fsp3) is 0.0164. The highest BCUT2D eigenvalue weighted by Crippen LogP contribution is 2.56. The first kappa shape index (κ1) is 36.6. The molecule has 296 valence electrons. The molecule has 1 aliphatic rings.